The lowest BCUT2D eigenvalue weighted by Gasteiger charge is -2.37. The van der Waals surface area contributed by atoms with E-state index in [0.29, 0.717) is 6.61 Å². The van der Waals surface area contributed by atoms with Crippen molar-refractivity contribution in [2.24, 2.45) is 5.92 Å². The molecule has 4 atom stereocenters. The van der Waals surface area contributed by atoms with Gasteiger partial charge < -0.3 is 18.9 Å². The van der Waals surface area contributed by atoms with E-state index >= 15 is 0 Å². The first kappa shape index (κ1) is 21.1. The van der Waals surface area contributed by atoms with Gasteiger partial charge in [0.2, 0.25) is 0 Å². The number of carbonyl (C=O) groups excluding carboxylic acids is 1. The number of hydrogen-bond acceptors (Lipinski definition) is 5. The molecule has 0 saturated heterocycles. The van der Waals surface area contributed by atoms with Crippen LogP contribution in [0.2, 0.25) is 0 Å². The van der Waals surface area contributed by atoms with Crippen LogP contribution in [-0.2, 0) is 23.7 Å². The number of halogens is 1. The van der Waals surface area contributed by atoms with Gasteiger partial charge in [-0.1, -0.05) is 53.2 Å². The highest BCUT2D eigenvalue weighted by Crippen LogP contribution is 2.38. The molecule has 0 aliphatic rings. The molecule has 0 aliphatic heterocycles. The Labute approximate surface area is 152 Å². The third-order valence-corrected chi connectivity index (χ3v) is 4.69. The second-order valence-electron chi connectivity index (χ2n) is 5.72. The van der Waals surface area contributed by atoms with Crippen LogP contribution >= 0.6 is 15.9 Å². The van der Waals surface area contributed by atoms with Crippen LogP contribution in [0, 0.1) is 5.92 Å². The monoisotopic (exact) mass is 402 g/mol. The average molecular weight is 403 g/mol. The SMILES string of the molecule is CCOC(=O)C(C)(Br)[C@H](OCOC)[C@H](C)[C@H](OC)c1ccccc1. The van der Waals surface area contributed by atoms with Crippen molar-refractivity contribution in [1.29, 1.82) is 0 Å². The lowest BCUT2D eigenvalue weighted by Crippen LogP contribution is -2.49. The van der Waals surface area contributed by atoms with Gasteiger partial charge in [0.25, 0.3) is 0 Å². The Morgan fingerprint density at radius 3 is 2.38 bits per heavy atom. The van der Waals surface area contributed by atoms with Crippen molar-refractivity contribution in [2.75, 3.05) is 27.6 Å². The zero-order chi connectivity index (χ0) is 18.2. The summed E-state index contributed by atoms with van der Waals surface area (Å²) in [5.41, 5.74) is 1.02. The van der Waals surface area contributed by atoms with E-state index in [2.05, 4.69) is 15.9 Å². The fraction of sp³-hybridized carbons (Fsp3) is 0.611. The van der Waals surface area contributed by atoms with Gasteiger partial charge in [-0.25, -0.2) is 0 Å². The van der Waals surface area contributed by atoms with Crippen LogP contribution in [0.15, 0.2) is 30.3 Å². The summed E-state index contributed by atoms with van der Waals surface area (Å²) < 4.78 is 20.7. The number of rotatable bonds is 10. The maximum Gasteiger partial charge on any atom is 0.325 e. The first-order valence-electron chi connectivity index (χ1n) is 7.94. The van der Waals surface area contributed by atoms with Gasteiger partial charge >= 0.3 is 5.97 Å². The van der Waals surface area contributed by atoms with Gasteiger partial charge in [0.05, 0.1) is 18.8 Å². The van der Waals surface area contributed by atoms with Crippen LogP contribution in [0.25, 0.3) is 0 Å². The molecular weight excluding hydrogens is 376 g/mol. The van der Waals surface area contributed by atoms with Crippen molar-refractivity contribution in [2.45, 2.75) is 37.3 Å². The number of methoxy groups -OCH3 is 2. The summed E-state index contributed by atoms with van der Waals surface area (Å²) in [6, 6.07) is 9.85. The molecule has 0 spiro atoms. The summed E-state index contributed by atoms with van der Waals surface area (Å²) in [6.07, 6.45) is -0.749. The first-order valence-corrected chi connectivity index (χ1v) is 8.73. The normalized spacial score (nSPS) is 17.6. The number of hydrogen-bond donors (Lipinski definition) is 0. The van der Waals surface area contributed by atoms with Crippen LogP contribution in [0.4, 0.5) is 0 Å². The summed E-state index contributed by atoms with van der Waals surface area (Å²) >= 11 is 3.51. The number of esters is 1. The standard InChI is InChI=1S/C18H27BrO5/c1-6-23-17(20)18(3,19)16(24-12-21-4)13(2)15(22-5)14-10-8-7-9-11-14/h7-11,13,15-16H,6,12H2,1-5H3/t13-,15+,16-,18?/m1/s1. The summed E-state index contributed by atoms with van der Waals surface area (Å²) in [5.74, 6) is -0.512. The molecule has 5 nitrogen and oxygen atoms in total. The highest BCUT2D eigenvalue weighted by Gasteiger charge is 2.46. The quantitative estimate of drug-likeness (QED) is 0.339. The second-order valence-corrected chi connectivity index (χ2v) is 7.36. The molecule has 136 valence electrons. The predicted octanol–water partition coefficient (Wildman–Crippen LogP) is 3.72. The molecule has 0 radical (unpaired) electrons. The van der Waals surface area contributed by atoms with Crippen LogP contribution in [-0.4, -0.2) is 44.0 Å². The minimum absolute atomic E-state index is 0.0703. The summed E-state index contributed by atoms with van der Waals surface area (Å²) in [4.78, 5) is 12.4. The maximum absolute atomic E-state index is 12.4. The zero-order valence-corrected chi connectivity index (χ0v) is 16.5. The fourth-order valence-electron chi connectivity index (χ4n) is 2.79. The Balaban J connectivity index is 3.10. The van der Waals surface area contributed by atoms with Gasteiger partial charge in [-0.05, 0) is 19.4 Å². The first-order chi connectivity index (χ1) is 11.4. The molecule has 0 aromatic heterocycles. The third kappa shape index (κ3) is 5.28. The molecule has 0 amide bonds. The molecule has 0 heterocycles. The Morgan fingerprint density at radius 2 is 1.88 bits per heavy atom. The molecule has 0 fully saturated rings. The molecule has 0 bridgehead atoms. The van der Waals surface area contributed by atoms with E-state index in [1.807, 2.05) is 37.3 Å². The van der Waals surface area contributed by atoms with Crippen LogP contribution in [0.5, 0.6) is 0 Å². The lowest BCUT2D eigenvalue weighted by molar-refractivity contribution is -0.161. The number of benzene rings is 1. The maximum atomic E-state index is 12.4. The van der Waals surface area contributed by atoms with Crippen molar-refractivity contribution in [3.63, 3.8) is 0 Å². The van der Waals surface area contributed by atoms with Crippen LogP contribution in [0.1, 0.15) is 32.4 Å². The Bertz CT molecular complexity index is 491. The zero-order valence-electron chi connectivity index (χ0n) is 15.0. The topological polar surface area (TPSA) is 54.0 Å². The van der Waals surface area contributed by atoms with Gasteiger partial charge in [-0.15, -0.1) is 0 Å². The third-order valence-electron chi connectivity index (χ3n) is 3.91. The van der Waals surface area contributed by atoms with E-state index in [0.717, 1.165) is 5.56 Å². The minimum Gasteiger partial charge on any atom is -0.465 e. The Kier molecular flexibility index (Phi) is 8.91. The molecule has 24 heavy (non-hydrogen) atoms. The van der Waals surface area contributed by atoms with E-state index < -0.39 is 10.4 Å². The lowest BCUT2D eigenvalue weighted by atomic mass is 9.86. The van der Waals surface area contributed by atoms with Gasteiger partial charge in [-0.2, -0.15) is 0 Å². The van der Waals surface area contributed by atoms with Crippen molar-refractivity contribution < 1.29 is 23.7 Å². The van der Waals surface area contributed by atoms with E-state index in [1.54, 1.807) is 28.1 Å². The smallest absolute Gasteiger partial charge is 0.325 e. The highest BCUT2D eigenvalue weighted by molar-refractivity contribution is 9.10. The van der Waals surface area contributed by atoms with E-state index in [4.69, 9.17) is 18.9 Å². The molecule has 0 aliphatic carbocycles. The van der Waals surface area contributed by atoms with E-state index in [9.17, 15) is 4.79 Å². The van der Waals surface area contributed by atoms with E-state index in [1.165, 1.54) is 0 Å². The van der Waals surface area contributed by atoms with Crippen molar-refractivity contribution >= 4 is 21.9 Å². The van der Waals surface area contributed by atoms with Gasteiger partial charge in [-0.3, -0.25) is 4.79 Å². The molecule has 1 aromatic rings. The van der Waals surface area contributed by atoms with Gasteiger partial charge in [0, 0.05) is 20.1 Å². The second kappa shape index (κ2) is 10.1. The number of ether oxygens (including phenoxy) is 4. The number of carbonyl (C=O) groups is 1. The van der Waals surface area contributed by atoms with Crippen LogP contribution in [0.3, 0.4) is 0 Å². The predicted molar refractivity (Wildman–Crippen MR) is 96.1 cm³/mol. The number of alkyl halides is 1. The molecule has 6 heteroatoms. The van der Waals surface area contributed by atoms with Crippen molar-refractivity contribution in [3.05, 3.63) is 35.9 Å². The molecule has 1 unspecified atom stereocenters. The molecule has 1 rings (SSSR count). The molecule has 1 aromatic carbocycles. The summed E-state index contributed by atoms with van der Waals surface area (Å²) in [5, 5.41) is 0. The highest BCUT2D eigenvalue weighted by atomic mass is 79.9. The van der Waals surface area contributed by atoms with Crippen LogP contribution < -0.4 is 0 Å². The van der Waals surface area contributed by atoms with Gasteiger partial charge in [0.15, 0.2) is 0 Å². The van der Waals surface area contributed by atoms with Crippen molar-refractivity contribution in [3.8, 4) is 0 Å². The molecule has 0 N–H and O–H groups in total. The van der Waals surface area contributed by atoms with Crippen molar-refractivity contribution in [1.82, 2.24) is 0 Å². The van der Waals surface area contributed by atoms with Gasteiger partial charge in [0.1, 0.15) is 11.1 Å². The van der Waals surface area contributed by atoms with E-state index in [-0.39, 0.29) is 24.8 Å². The molecular formula is C18H27BrO5. The average Bonchev–Trinajstić information content (AvgIpc) is 2.57. The summed E-state index contributed by atoms with van der Waals surface area (Å²) in [7, 11) is 3.19. The Hall–Kier alpha value is -0.950. The minimum atomic E-state index is -1.02. The summed E-state index contributed by atoms with van der Waals surface area (Å²) in [6.45, 7) is 5.88. The largest absolute Gasteiger partial charge is 0.465 e. The fourth-order valence-corrected chi connectivity index (χ4v) is 3.45. The Morgan fingerprint density at radius 1 is 1.25 bits per heavy atom. The molecule has 0 saturated carbocycles.